The molecule has 1 unspecified atom stereocenters. The largest absolute Gasteiger partial charge is 0.477 e. The zero-order chi connectivity index (χ0) is 18.9. The van der Waals surface area contributed by atoms with Crippen molar-refractivity contribution >= 4 is 17.6 Å². The second-order valence-electron chi connectivity index (χ2n) is 4.91. The quantitative estimate of drug-likeness (QED) is 0.746. The zero-order valence-electron chi connectivity index (χ0n) is 13.3. The smallest absolute Gasteiger partial charge is 0.355 e. The highest BCUT2D eigenvalue weighted by molar-refractivity contribution is 6.32. The number of hydrogen-bond acceptors (Lipinski definition) is 5. The molecule has 1 aromatic heterocycles. The molecule has 1 atom stereocenters. The summed E-state index contributed by atoms with van der Waals surface area (Å²) in [5, 5.41) is 3.44. The number of methoxy groups -OCH3 is 1. The zero-order valence-corrected chi connectivity index (χ0v) is 14.1. The van der Waals surface area contributed by atoms with Gasteiger partial charge in [-0.2, -0.15) is 13.5 Å². The highest BCUT2D eigenvalue weighted by Gasteiger charge is 2.23. The lowest BCUT2D eigenvalue weighted by molar-refractivity contribution is -0.147. The van der Waals surface area contributed by atoms with Crippen molar-refractivity contribution in [2.45, 2.75) is 26.5 Å². The lowest BCUT2D eigenvalue weighted by Gasteiger charge is -2.14. The van der Waals surface area contributed by atoms with Crippen LogP contribution >= 0.6 is 11.6 Å². The second-order valence-corrected chi connectivity index (χ2v) is 5.31. The molecule has 0 aliphatic rings. The van der Waals surface area contributed by atoms with Gasteiger partial charge in [-0.25, -0.2) is 18.5 Å². The molecule has 0 saturated carbocycles. The number of rotatable bonds is 5. The summed E-state index contributed by atoms with van der Waals surface area (Å²) in [4.78, 5) is 23.4. The summed E-state index contributed by atoms with van der Waals surface area (Å²) in [7, 11) is 1.15. The maximum atomic E-state index is 14.2. The Hall–Kier alpha value is -2.49. The fraction of sp³-hybridized carbons (Fsp3) is 0.357. The van der Waals surface area contributed by atoms with E-state index in [1.54, 1.807) is 0 Å². The standard InChI is InChI=1S/C14H13ClF3N3O4/c1-6(12(22)24-3)25-11-5-10(9(16)4-8(11)15)21-14(23)20(13(17)18)7(2)19-21/h4-6,13H,1-3H3. The van der Waals surface area contributed by atoms with E-state index < -0.39 is 35.8 Å². The van der Waals surface area contributed by atoms with E-state index in [4.69, 9.17) is 16.3 Å². The van der Waals surface area contributed by atoms with Crippen molar-refractivity contribution in [2.75, 3.05) is 7.11 Å². The van der Waals surface area contributed by atoms with Gasteiger partial charge in [-0.3, -0.25) is 0 Å². The molecule has 0 bridgehead atoms. The van der Waals surface area contributed by atoms with Crippen LogP contribution in [0.15, 0.2) is 16.9 Å². The van der Waals surface area contributed by atoms with E-state index in [2.05, 4.69) is 9.84 Å². The van der Waals surface area contributed by atoms with Crippen LogP contribution in [0.5, 0.6) is 5.75 Å². The van der Waals surface area contributed by atoms with Crippen LogP contribution in [0.4, 0.5) is 13.2 Å². The Morgan fingerprint density at radius 2 is 2.00 bits per heavy atom. The summed E-state index contributed by atoms with van der Waals surface area (Å²) in [5.41, 5.74) is -1.69. The number of hydrogen-bond donors (Lipinski definition) is 0. The SMILES string of the molecule is COC(=O)C(C)Oc1cc(-n2nc(C)n(C(F)F)c2=O)c(F)cc1Cl. The van der Waals surface area contributed by atoms with Gasteiger partial charge in [0.15, 0.2) is 11.9 Å². The summed E-state index contributed by atoms with van der Waals surface area (Å²) in [6.45, 7) is -0.589. The molecule has 25 heavy (non-hydrogen) atoms. The summed E-state index contributed by atoms with van der Waals surface area (Å²) < 4.78 is 50.3. The van der Waals surface area contributed by atoms with Gasteiger partial charge in [0.05, 0.1) is 12.1 Å². The molecule has 0 aliphatic carbocycles. The molecule has 7 nitrogen and oxygen atoms in total. The van der Waals surface area contributed by atoms with Crippen LogP contribution in [0.3, 0.4) is 0 Å². The van der Waals surface area contributed by atoms with E-state index in [1.165, 1.54) is 13.8 Å². The number of nitrogens with zero attached hydrogens (tertiary/aromatic N) is 3. The van der Waals surface area contributed by atoms with Gasteiger partial charge in [0, 0.05) is 6.07 Å². The molecule has 136 valence electrons. The highest BCUT2D eigenvalue weighted by atomic mass is 35.5. The molecule has 0 amide bonds. The van der Waals surface area contributed by atoms with Crippen LogP contribution in [0.2, 0.25) is 5.02 Å². The predicted octanol–water partition coefficient (Wildman–Crippen LogP) is 2.47. The van der Waals surface area contributed by atoms with Gasteiger partial charge in [0.1, 0.15) is 17.3 Å². The first-order valence-electron chi connectivity index (χ1n) is 6.87. The maximum absolute atomic E-state index is 14.2. The summed E-state index contributed by atoms with van der Waals surface area (Å²) in [6.07, 6.45) is -1.07. The number of esters is 1. The Balaban J connectivity index is 2.53. The van der Waals surface area contributed by atoms with E-state index in [0.29, 0.717) is 4.68 Å². The molecule has 1 heterocycles. The first-order valence-corrected chi connectivity index (χ1v) is 7.25. The first kappa shape index (κ1) is 18.8. The van der Waals surface area contributed by atoms with Crippen LogP contribution in [-0.2, 0) is 9.53 Å². The Bertz CT molecular complexity index is 866. The number of aromatic nitrogens is 3. The normalized spacial score (nSPS) is 12.3. The van der Waals surface area contributed by atoms with E-state index in [1.807, 2.05) is 0 Å². The number of alkyl halides is 2. The summed E-state index contributed by atoms with van der Waals surface area (Å²) in [5.74, 6) is -2.15. The van der Waals surface area contributed by atoms with Crippen molar-refractivity contribution in [1.82, 2.24) is 14.3 Å². The van der Waals surface area contributed by atoms with Crippen molar-refractivity contribution in [3.8, 4) is 11.4 Å². The minimum absolute atomic E-state index is 0.103. The summed E-state index contributed by atoms with van der Waals surface area (Å²) >= 11 is 5.86. The van der Waals surface area contributed by atoms with Crippen molar-refractivity contribution in [2.24, 2.45) is 0 Å². The van der Waals surface area contributed by atoms with Gasteiger partial charge in [-0.15, -0.1) is 5.10 Å². The Morgan fingerprint density at radius 3 is 2.52 bits per heavy atom. The van der Waals surface area contributed by atoms with Crippen LogP contribution in [0.25, 0.3) is 5.69 Å². The van der Waals surface area contributed by atoms with Crippen LogP contribution in [-0.4, -0.2) is 33.5 Å². The topological polar surface area (TPSA) is 75.3 Å². The lowest BCUT2D eigenvalue weighted by atomic mass is 10.2. The number of aryl methyl sites for hydroxylation is 1. The highest BCUT2D eigenvalue weighted by Crippen LogP contribution is 2.30. The van der Waals surface area contributed by atoms with Crippen molar-refractivity contribution in [3.63, 3.8) is 0 Å². The number of halogens is 4. The van der Waals surface area contributed by atoms with Crippen LogP contribution < -0.4 is 10.4 Å². The first-order chi connectivity index (χ1) is 11.7. The molecule has 0 saturated heterocycles. The molecule has 1 aromatic carbocycles. The van der Waals surface area contributed by atoms with Gasteiger partial charge in [-0.05, 0) is 19.9 Å². The molecule has 0 fully saturated rings. The van der Waals surface area contributed by atoms with Crippen LogP contribution in [0, 0.1) is 12.7 Å². The summed E-state index contributed by atoms with van der Waals surface area (Å²) in [6, 6.07) is 1.81. The molecule has 0 spiro atoms. The van der Waals surface area contributed by atoms with E-state index in [9.17, 15) is 22.8 Å². The molecule has 2 rings (SSSR count). The Labute approximate surface area is 144 Å². The van der Waals surface area contributed by atoms with Crippen molar-refractivity contribution < 1.29 is 27.4 Å². The molecule has 11 heteroatoms. The average Bonchev–Trinajstić information content (AvgIpc) is 2.83. The molecule has 0 aliphatic heterocycles. The monoisotopic (exact) mass is 379 g/mol. The third-order valence-electron chi connectivity index (χ3n) is 3.24. The Kier molecular flexibility index (Phi) is 5.41. The molecule has 2 aromatic rings. The van der Waals surface area contributed by atoms with Gasteiger partial charge in [0.25, 0.3) is 0 Å². The minimum Gasteiger partial charge on any atom is -0.477 e. The van der Waals surface area contributed by atoms with E-state index >= 15 is 0 Å². The van der Waals surface area contributed by atoms with E-state index in [0.717, 1.165) is 19.2 Å². The van der Waals surface area contributed by atoms with E-state index in [-0.39, 0.29) is 21.2 Å². The van der Waals surface area contributed by atoms with Gasteiger partial charge >= 0.3 is 18.2 Å². The lowest BCUT2D eigenvalue weighted by Crippen LogP contribution is -2.26. The third-order valence-corrected chi connectivity index (χ3v) is 3.54. The molecular weight excluding hydrogens is 367 g/mol. The maximum Gasteiger partial charge on any atom is 0.355 e. The average molecular weight is 380 g/mol. The number of carbonyl (C=O) groups excluding carboxylic acids is 1. The number of carbonyl (C=O) groups is 1. The second kappa shape index (κ2) is 7.18. The number of ether oxygens (including phenoxy) is 2. The van der Waals surface area contributed by atoms with Crippen LogP contribution in [0.1, 0.15) is 19.3 Å². The fourth-order valence-electron chi connectivity index (χ4n) is 2.03. The molecule has 0 radical (unpaired) electrons. The number of benzene rings is 1. The van der Waals surface area contributed by atoms with Crippen molar-refractivity contribution in [1.29, 1.82) is 0 Å². The van der Waals surface area contributed by atoms with Gasteiger partial charge in [-0.1, -0.05) is 11.6 Å². The van der Waals surface area contributed by atoms with Crippen molar-refractivity contribution in [3.05, 3.63) is 39.3 Å². The van der Waals surface area contributed by atoms with Gasteiger partial charge in [0.2, 0.25) is 0 Å². The Morgan fingerprint density at radius 1 is 1.36 bits per heavy atom. The fourth-order valence-corrected chi connectivity index (χ4v) is 2.23. The third kappa shape index (κ3) is 3.63. The minimum atomic E-state index is -3.13. The molecule has 0 N–H and O–H groups in total. The van der Waals surface area contributed by atoms with Gasteiger partial charge < -0.3 is 9.47 Å². The predicted molar refractivity (Wildman–Crippen MR) is 80.9 cm³/mol. The molecular formula is C14H13ClF3N3O4.